The SMILES string of the molecule is CCc1ccc2scc(CC3(C(=O)ON)CC3)c2c1. The van der Waals surface area contributed by atoms with Gasteiger partial charge in [-0.15, -0.1) is 11.3 Å². The highest BCUT2D eigenvalue weighted by atomic mass is 32.1. The first kappa shape index (κ1) is 12.6. The highest BCUT2D eigenvalue weighted by Gasteiger charge is 2.51. The third kappa shape index (κ3) is 2.15. The normalized spacial score (nSPS) is 16.5. The van der Waals surface area contributed by atoms with Gasteiger partial charge in [-0.2, -0.15) is 5.90 Å². The Labute approximate surface area is 116 Å². The molecule has 1 aromatic carbocycles. The Hall–Kier alpha value is -1.39. The van der Waals surface area contributed by atoms with Crippen LogP contribution in [-0.4, -0.2) is 5.97 Å². The number of carbonyl (C=O) groups is 1. The van der Waals surface area contributed by atoms with Gasteiger partial charge in [0.1, 0.15) is 0 Å². The van der Waals surface area contributed by atoms with Crippen LogP contribution < -0.4 is 5.90 Å². The number of aryl methyl sites for hydroxylation is 1. The monoisotopic (exact) mass is 275 g/mol. The predicted molar refractivity (Wildman–Crippen MR) is 76.9 cm³/mol. The third-order valence-corrected chi connectivity index (χ3v) is 5.06. The van der Waals surface area contributed by atoms with Crippen molar-refractivity contribution >= 4 is 27.4 Å². The number of hydrogen-bond donors (Lipinski definition) is 1. The Balaban J connectivity index is 1.95. The smallest absolute Gasteiger partial charge is 0.330 e. The lowest BCUT2D eigenvalue weighted by Gasteiger charge is -2.11. The maximum Gasteiger partial charge on any atom is 0.330 e. The van der Waals surface area contributed by atoms with E-state index in [1.807, 2.05) is 0 Å². The summed E-state index contributed by atoms with van der Waals surface area (Å²) in [5, 5.41) is 3.44. The minimum absolute atomic E-state index is 0.265. The molecule has 0 saturated heterocycles. The van der Waals surface area contributed by atoms with Gasteiger partial charge in [0.2, 0.25) is 0 Å². The Morgan fingerprint density at radius 1 is 1.47 bits per heavy atom. The number of fused-ring (bicyclic) bond motifs is 1. The van der Waals surface area contributed by atoms with Crippen LogP contribution >= 0.6 is 11.3 Å². The topological polar surface area (TPSA) is 52.3 Å². The molecule has 0 spiro atoms. The van der Waals surface area contributed by atoms with Crippen molar-refractivity contribution in [2.24, 2.45) is 11.3 Å². The van der Waals surface area contributed by atoms with Crippen molar-refractivity contribution in [1.82, 2.24) is 0 Å². The maximum absolute atomic E-state index is 11.7. The van der Waals surface area contributed by atoms with Crippen LogP contribution in [0.4, 0.5) is 0 Å². The summed E-state index contributed by atoms with van der Waals surface area (Å²) in [5.74, 6) is 4.77. The second-order valence-corrected chi connectivity index (χ2v) is 6.22. The lowest BCUT2D eigenvalue weighted by molar-refractivity contribution is -0.150. The molecule has 1 aliphatic carbocycles. The summed E-state index contributed by atoms with van der Waals surface area (Å²) in [6, 6.07) is 6.58. The first-order valence-electron chi connectivity index (χ1n) is 6.59. The van der Waals surface area contributed by atoms with Crippen LogP contribution in [0.2, 0.25) is 0 Å². The van der Waals surface area contributed by atoms with E-state index in [0.29, 0.717) is 0 Å². The minimum atomic E-state index is -0.356. The standard InChI is InChI=1S/C15H17NO2S/c1-2-10-3-4-13-12(7-10)11(9-19-13)8-15(5-6-15)14(17)18-16/h3-4,7,9H,2,5-6,8,16H2,1H3. The maximum atomic E-state index is 11.7. The highest BCUT2D eigenvalue weighted by molar-refractivity contribution is 7.17. The van der Waals surface area contributed by atoms with Crippen LogP contribution in [0.5, 0.6) is 0 Å². The van der Waals surface area contributed by atoms with Gasteiger partial charge >= 0.3 is 5.97 Å². The van der Waals surface area contributed by atoms with E-state index in [-0.39, 0.29) is 11.4 Å². The number of hydrogen-bond acceptors (Lipinski definition) is 4. The molecule has 3 nitrogen and oxygen atoms in total. The zero-order valence-electron chi connectivity index (χ0n) is 10.9. The lowest BCUT2D eigenvalue weighted by Crippen LogP contribution is -2.24. The van der Waals surface area contributed by atoms with Crippen molar-refractivity contribution in [2.75, 3.05) is 0 Å². The van der Waals surface area contributed by atoms with Crippen LogP contribution in [0.25, 0.3) is 10.1 Å². The quantitative estimate of drug-likeness (QED) is 0.872. The fraction of sp³-hybridized carbons (Fsp3) is 0.400. The van der Waals surface area contributed by atoms with E-state index in [1.165, 1.54) is 21.2 Å². The minimum Gasteiger partial charge on any atom is -0.373 e. The number of benzene rings is 1. The van der Waals surface area contributed by atoms with Gasteiger partial charge in [0.25, 0.3) is 0 Å². The van der Waals surface area contributed by atoms with Gasteiger partial charge in [-0.3, -0.25) is 0 Å². The van der Waals surface area contributed by atoms with Crippen LogP contribution in [-0.2, 0) is 22.5 Å². The summed E-state index contributed by atoms with van der Waals surface area (Å²) < 4.78 is 1.28. The highest BCUT2D eigenvalue weighted by Crippen LogP contribution is 2.50. The molecule has 0 bridgehead atoms. The molecule has 0 amide bonds. The van der Waals surface area contributed by atoms with E-state index < -0.39 is 0 Å². The molecule has 0 aliphatic heterocycles. The number of carbonyl (C=O) groups excluding carboxylic acids is 1. The van der Waals surface area contributed by atoms with Gasteiger partial charge in [-0.05, 0) is 53.6 Å². The van der Waals surface area contributed by atoms with E-state index in [2.05, 4.69) is 35.3 Å². The Morgan fingerprint density at radius 3 is 2.89 bits per heavy atom. The Kier molecular flexibility index (Phi) is 3.07. The van der Waals surface area contributed by atoms with Crippen LogP contribution in [0.1, 0.15) is 30.9 Å². The molecule has 19 heavy (non-hydrogen) atoms. The molecule has 0 radical (unpaired) electrons. The number of thiophene rings is 1. The predicted octanol–water partition coefficient (Wildman–Crippen LogP) is 3.20. The molecule has 1 saturated carbocycles. The van der Waals surface area contributed by atoms with Gasteiger partial charge in [-0.1, -0.05) is 19.1 Å². The zero-order chi connectivity index (χ0) is 13.5. The van der Waals surface area contributed by atoms with E-state index in [9.17, 15) is 4.79 Å². The average molecular weight is 275 g/mol. The summed E-state index contributed by atoms with van der Waals surface area (Å²) >= 11 is 1.74. The Morgan fingerprint density at radius 2 is 2.26 bits per heavy atom. The van der Waals surface area contributed by atoms with E-state index in [4.69, 9.17) is 5.90 Å². The summed E-state index contributed by atoms with van der Waals surface area (Å²) in [6.45, 7) is 2.15. The second-order valence-electron chi connectivity index (χ2n) is 5.31. The summed E-state index contributed by atoms with van der Waals surface area (Å²) in [7, 11) is 0. The average Bonchev–Trinajstić information content (AvgIpc) is 3.13. The van der Waals surface area contributed by atoms with Gasteiger partial charge in [-0.25, -0.2) is 4.79 Å². The molecule has 2 N–H and O–H groups in total. The van der Waals surface area contributed by atoms with Crippen molar-refractivity contribution in [2.45, 2.75) is 32.6 Å². The van der Waals surface area contributed by atoms with Crippen LogP contribution in [0.3, 0.4) is 0 Å². The second kappa shape index (κ2) is 4.62. The first-order chi connectivity index (χ1) is 9.18. The molecule has 100 valence electrons. The fourth-order valence-electron chi connectivity index (χ4n) is 2.58. The van der Waals surface area contributed by atoms with Crippen molar-refractivity contribution in [1.29, 1.82) is 0 Å². The molecular formula is C15H17NO2S. The molecule has 0 atom stereocenters. The molecule has 1 aromatic heterocycles. The molecule has 2 aromatic rings. The van der Waals surface area contributed by atoms with Crippen molar-refractivity contribution in [3.63, 3.8) is 0 Å². The number of nitrogens with two attached hydrogens (primary N) is 1. The lowest BCUT2D eigenvalue weighted by atomic mass is 9.95. The largest absolute Gasteiger partial charge is 0.373 e. The van der Waals surface area contributed by atoms with Gasteiger partial charge in [0, 0.05) is 4.70 Å². The summed E-state index contributed by atoms with van der Waals surface area (Å²) in [4.78, 5) is 16.2. The Bertz CT molecular complexity index is 628. The fourth-order valence-corrected chi connectivity index (χ4v) is 3.52. The zero-order valence-corrected chi connectivity index (χ0v) is 11.8. The van der Waals surface area contributed by atoms with Gasteiger partial charge in [0.05, 0.1) is 5.41 Å². The van der Waals surface area contributed by atoms with Gasteiger partial charge in [0.15, 0.2) is 0 Å². The summed E-state index contributed by atoms with van der Waals surface area (Å²) in [6.07, 6.45) is 3.54. The molecule has 0 unspecified atom stereocenters. The van der Waals surface area contributed by atoms with Gasteiger partial charge < -0.3 is 4.84 Å². The van der Waals surface area contributed by atoms with Crippen LogP contribution in [0, 0.1) is 5.41 Å². The van der Waals surface area contributed by atoms with E-state index in [0.717, 1.165) is 25.7 Å². The molecule has 1 fully saturated rings. The van der Waals surface area contributed by atoms with E-state index in [1.54, 1.807) is 11.3 Å². The first-order valence-corrected chi connectivity index (χ1v) is 7.47. The van der Waals surface area contributed by atoms with E-state index >= 15 is 0 Å². The molecule has 1 heterocycles. The van der Waals surface area contributed by atoms with Crippen molar-refractivity contribution < 1.29 is 9.63 Å². The molecule has 4 heteroatoms. The molecule has 1 aliphatic rings. The third-order valence-electron chi connectivity index (χ3n) is 4.05. The summed E-state index contributed by atoms with van der Waals surface area (Å²) in [5.41, 5.74) is 2.22. The van der Waals surface area contributed by atoms with Crippen LogP contribution in [0.15, 0.2) is 23.6 Å². The number of rotatable bonds is 4. The molecule has 3 rings (SSSR count). The van der Waals surface area contributed by atoms with Crippen molar-refractivity contribution in [3.05, 3.63) is 34.7 Å². The van der Waals surface area contributed by atoms with Crippen molar-refractivity contribution in [3.8, 4) is 0 Å². The molecular weight excluding hydrogens is 258 g/mol.